The molecule has 17 nitrogen and oxygen atoms in total. The van der Waals surface area contributed by atoms with Crippen LogP contribution >= 0.6 is 0 Å². The van der Waals surface area contributed by atoms with Gasteiger partial charge in [0.1, 0.15) is 23.2 Å². The van der Waals surface area contributed by atoms with Gasteiger partial charge in [0.15, 0.2) is 0 Å². The van der Waals surface area contributed by atoms with Gasteiger partial charge in [0.2, 0.25) is 23.6 Å². The zero-order valence-corrected chi connectivity index (χ0v) is 35.4. The molecular formula is C44H57N7O10. The molecule has 328 valence electrons. The van der Waals surface area contributed by atoms with Gasteiger partial charge in [-0.25, -0.2) is 9.59 Å². The largest absolute Gasteiger partial charge is 0.465 e. The molecule has 4 atom stereocenters. The van der Waals surface area contributed by atoms with E-state index in [1.54, 1.807) is 24.3 Å². The number of hydrogen-bond acceptors (Lipinski definition) is 9. The molecule has 0 unspecified atom stereocenters. The number of carbonyl (C=O) groups excluding carboxylic acids is 4. The van der Waals surface area contributed by atoms with Crippen molar-refractivity contribution in [3.8, 4) is 0 Å². The Hall–Kier alpha value is -6.20. The summed E-state index contributed by atoms with van der Waals surface area (Å²) in [6, 6.07) is 20.9. The molecule has 0 radical (unpaired) electrons. The maximum absolute atomic E-state index is 14.1. The van der Waals surface area contributed by atoms with Crippen LogP contribution in [0.15, 0.2) is 78.9 Å². The van der Waals surface area contributed by atoms with Gasteiger partial charge in [-0.15, -0.1) is 0 Å². The van der Waals surface area contributed by atoms with Crippen LogP contribution in [-0.2, 0) is 43.3 Å². The normalized spacial score (nSPS) is 20.1. The van der Waals surface area contributed by atoms with Crippen LogP contribution in [-0.4, -0.2) is 126 Å². The number of likely N-dealkylation sites (N-methyl/N-ethyl adjacent to an activating group) is 2. The van der Waals surface area contributed by atoms with Crippen LogP contribution in [0.2, 0.25) is 0 Å². The number of para-hydroxylation sites is 1. The molecule has 0 aliphatic carbocycles. The molecule has 17 heteroatoms. The van der Waals surface area contributed by atoms with Gasteiger partial charge in [0.25, 0.3) is 0 Å². The van der Waals surface area contributed by atoms with E-state index < -0.39 is 70.2 Å². The van der Waals surface area contributed by atoms with Gasteiger partial charge in [-0.05, 0) is 87.8 Å². The first kappa shape index (κ1) is 45.9. The lowest BCUT2D eigenvalue weighted by Gasteiger charge is -2.42. The van der Waals surface area contributed by atoms with Crippen LogP contribution in [0.1, 0.15) is 75.6 Å². The lowest BCUT2D eigenvalue weighted by atomic mass is 9.84. The van der Waals surface area contributed by atoms with E-state index in [2.05, 4.69) is 4.90 Å². The van der Waals surface area contributed by atoms with E-state index in [4.69, 9.17) is 11.5 Å². The van der Waals surface area contributed by atoms with Crippen LogP contribution in [0.25, 0.3) is 0 Å². The molecule has 2 fully saturated rings. The number of amides is 6. The van der Waals surface area contributed by atoms with E-state index in [9.17, 15) is 49.2 Å². The van der Waals surface area contributed by atoms with Crippen LogP contribution in [0.3, 0.4) is 0 Å². The zero-order valence-electron chi connectivity index (χ0n) is 35.4. The summed E-state index contributed by atoms with van der Waals surface area (Å²) >= 11 is 0. The molecule has 2 aliphatic heterocycles. The topological polar surface area (TPSA) is 252 Å². The summed E-state index contributed by atoms with van der Waals surface area (Å²) in [5.74, 6) is -3.03. The van der Waals surface area contributed by atoms with Gasteiger partial charge < -0.3 is 46.6 Å². The highest BCUT2D eigenvalue weighted by Crippen LogP contribution is 2.42. The molecule has 3 aromatic carbocycles. The molecule has 2 heterocycles. The van der Waals surface area contributed by atoms with E-state index in [0.717, 1.165) is 26.6 Å². The first-order valence-corrected chi connectivity index (χ1v) is 20.1. The van der Waals surface area contributed by atoms with Crippen molar-refractivity contribution in [1.82, 2.24) is 19.6 Å². The summed E-state index contributed by atoms with van der Waals surface area (Å²) in [5, 5.41) is 41.2. The second-order valence-corrected chi connectivity index (χ2v) is 17.1. The summed E-state index contributed by atoms with van der Waals surface area (Å²) in [7, 11) is 2.38. The Kier molecular flexibility index (Phi) is 13.1. The minimum absolute atomic E-state index is 0.127. The first-order chi connectivity index (χ1) is 28.5. The number of nitrogens with two attached hydrogens (primary N) is 2. The summed E-state index contributed by atoms with van der Waals surface area (Å²) in [6.07, 6.45) is -1.58. The third-order valence-electron chi connectivity index (χ3n) is 12.0. The number of aliphatic hydroxyl groups is 2. The van der Waals surface area contributed by atoms with E-state index in [-0.39, 0.29) is 25.9 Å². The smallest absolute Gasteiger partial charge is 0.407 e. The van der Waals surface area contributed by atoms with Crippen molar-refractivity contribution in [3.05, 3.63) is 101 Å². The average molecular weight is 844 g/mol. The number of nitrogens with zero attached hydrogens (tertiary/aromatic N) is 5. The Morgan fingerprint density at radius 2 is 0.967 bits per heavy atom. The van der Waals surface area contributed by atoms with Gasteiger partial charge >= 0.3 is 12.2 Å². The molecule has 0 spiro atoms. The SMILES string of the molecule is CN(C(=O)O)[C@H](C(=O)N1CCC[C@@]1(C(N)=O)c1ccc(CN(Cc2ccc([C@]3(C(N)=O)CCCN3C(=O)[C@@H](N(C)C(=O)O)C(C)(C)O)cc2)c2ccccc2)cc1)C(C)(C)O. The fraction of sp³-hybridized carbons (Fsp3) is 0.455. The number of likely N-dealkylation sites (tertiary alicyclic amines) is 2. The average Bonchev–Trinajstić information content (AvgIpc) is 3.85. The molecule has 6 amide bonds. The fourth-order valence-electron chi connectivity index (χ4n) is 9.12. The van der Waals surface area contributed by atoms with E-state index >= 15 is 0 Å². The van der Waals surface area contributed by atoms with E-state index in [1.807, 2.05) is 54.6 Å². The van der Waals surface area contributed by atoms with E-state index in [1.165, 1.54) is 51.6 Å². The standard InChI is InChI=1S/C44H57N7O10/c1-41(2,60)33(47(5)39(56)57)35(52)50-24-10-22-43(50,37(45)54)30-18-14-28(15-19-30)26-49(32-12-8-7-9-13-32)27-29-16-20-31(21-17-29)44(38(46)55)23-11-25-51(44)36(53)34(42(3,4)61)48(6)40(58)59/h7-9,12-21,33-34,60-61H,10-11,22-27H2,1-6H3,(H2,45,54)(H2,46,55)(H,56,57)(H,58,59)/t33-,34-,43+,44+/m1/s1. The monoisotopic (exact) mass is 843 g/mol. The van der Waals surface area contributed by atoms with Crippen LogP contribution in [0.5, 0.6) is 0 Å². The number of benzene rings is 3. The minimum atomic E-state index is -1.78. The number of hydrogen-bond donors (Lipinski definition) is 6. The second-order valence-electron chi connectivity index (χ2n) is 17.1. The van der Waals surface area contributed by atoms with Crippen LogP contribution < -0.4 is 16.4 Å². The lowest BCUT2D eigenvalue weighted by molar-refractivity contribution is -0.154. The Labute approximate surface area is 355 Å². The van der Waals surface area contributed by atoms with Gasteiger partial charge in [0.05, 0.1) is 11.2 Å². The van der Waals surface area contributed by atoms with Crippen molar-refractivity contribution < 1.29 is 49.2 Å². The van der Waals surface area contributed by atoms with Crippen LogP contribution in [0.4, 0.5) is 15.3 Å². The molecule has 0 aromatic heterocycles. The molecule has 2 aliphatic rings. The maximum atomic E-state index is 14.1. The summed E-state index contributed by atoms with van der Waals surface area (Å²) in [4.78, 5) is 84.8. The molecule has 2 saturated heterocycles. The highest BCUT2D eigenvalue weighted by Gasteiger charge is 2.55. The number of carbonyl (C=O) groups is 6. The maximum Gasteiger partial charge on any atom is 0.407 e. The first-order valence-electron chi connectivity index (χ1n) is 20.1. The number of carboxylic acid groups (broad SMARTS) is 2. The lowest BCUT2D eigenvalue weighted by Crippen LogP contribution is -2.63. The Bertz CT molecular complexity index is 1990. The molecule has 0 bridgehead atoms. The summed E-state index contributed by atoms with van der Waals surface area (Å²) in [6.45, 7) is 6.39. The third kappa shape index (κ3) is 8.84. The predicted octanol–water partition coefficient (Wildman–Crippen LogP) is 3.00. The van der Waals surface area contributed by atoms with Crippen molar-refractivity contribution in [3.63, 3.8) is 0 Å². The molecule has 0 saturated carbocycles. The highest BCUT2D eigenvalue weighted by atomic mass is 16.4. The van der Waals surface area contributed by atoms with Crippen molar-refractivity contribution >= 4 is 41.5 Å². The Balaban J connectivity index is 1.43. The fourth-order valence-corrected chi connectivity index (χ4v) is 9.12. The number of rotatable bonds is 15. The predicted molar refractivity (Wildman–Crippen MR) is 225 cm³/mol. The highest BCUT2D eigenvalue weighted by molar-refractivity contribution is 5.96. The molecule has 3 aromatic rings. The van der Waals surface area contributed by atoms with Gasteiger partial charge in [-0.3, -0.25) is 29.0 Å². The minimum Gasteiger partial charge on any atom is -0.465 e. The van der Waals surface area contributed by atoms with Crippen molar-refractivity contribution in [2.24, 2.45) is 11.5 Å². The van der Waals surface area contributed by atoms with Crippen molar-refractivity contribution in [1.29, 1.82) is 0 Å². The molecule has 61 heavy (non-hydrogen) atoms. The Morgan fingerprint density at radius 1 is 0.623 bits per heavy atom. The third-order valence-corrected chi connectivity index (χ3v) is 12.0. The van der Waals surface area contributed by atoms with Gasteiger partial charge in [-0.2, -0.15) is 0 Å². The molecule has 8 N–H and O–H groups in total. The van der Waals surface area contributed by atoms with Crippen molar-refractivity contribution in [2.75, 3.05) is 32.1 Å². The van der Waals surface area contributed by atoms with Gasteiger partial charge in [-0.1, -0.05) is 66.7 Å². The quantitative estimate of drug-likeness (QED) is 0.130. The van der Waals surface area contributed by atoms with E-state index in [0.29, 0.717) is 37.1 Å². The van der Waals surface area contributed by atoms with Gasteiger partial charge in [0, 0.05) is 46.0 Å². The summed E-state index contributed by atoms with van der Waals surface area (Å²) in [5.41, 5.74) is 8.89. The molecule has 5 rings (SSSR count). The number of primary amides is 2. The zero-order chi connectivity index (χ0) is 45.2. The summed E-state index contributed by atoms with van der Waals surface area (Å²) < 4.78 is 0. The second kappa shape index (κ2) is 17.4. The number of anilines is 1. The Morgan fingerprint density at radius 3 is 1.26 bits per heavy atom. The van der Waals surface area contributed by atoms with Crippen molar-refractivity contribution in [2.45, 2.75) is 101 Å². The van der Waals surface area contributed by atoms with Crippen LogP contribution in [0, 0.1) is 0 Å². The molecular weight excluding hydrogens is 787 g/mol.